The normalized spacial score (nSPS) is 11.8. The van der Waals surface area contributed by atoms with Gasteiger partial charge in [-0.25, -0.2) is 9.78 Å². The first-order valence-corrected chi connectivity index (χ1v) is 10.1. The van der Waals surface area contributed by atoms with Crippen molar-refractivity contribution in [2.45, 2.75) is 6.10 Å². The number of methoxy groups -OCH3 is 1. The van der Waals surface area contributed by atoms with Crippen LogP contribution in [0.5, 0.6) is 0 Å². The largest absolute Gasteiger partial charge is 0.453 e. The average Bonchev–Trinajstić information content (AvgIpc) is 3.22. The Hall–Kier alpha value is -3.82. The van der Waals surface area contributed by atoms with Crippen molar-refractivity contribution in [2.24, 2.45) is 0 Å². The molecular formula is C22H20ClN5O4. The highest BCUT2D eigenvalue weighted by Gasteiger charge is 2.17. The van der Waals surface area contributed by atoms with Crippen LogP contribution in [0.4, 0.5) is 16.2 Å². The third kappa shape index (κ3) is 4.43. The minimum Gasteiger partial charge on any atom is -0.453 e. The fraction of sp³-hybridized carbons (Fsp3) is 0.136. The molecule has 0 bridgehead atoms. The van der Waals surface area contributed by atoms with Crippen LogP contribution in [0.15, 0.2) is 59.5 Å². The molecule has 0 fully saturated rings. The second kappa shape index (κ2) is 9.13. The number of hydrogen-bond donors (Lipinski definition) is 5. The van der Waals surface area contributed by atoms with E-state index in [0.29, 0.717) is 38.8 Å². The number of carbonyl (C=O) groups is 1. The maximum Gasteiger partial charge on any atom is 0.411 e. The third-order valence-electron chi connectivity index (χ3n) is 4.85. The van der Waals surface area contributed by atoms with Crippen molar-refractivity contribution in [3.8, 4) is 11.4 Å². The summed E-state index contributed by atoms with van der Waals surface area (Å²) in [7, 11) is 1.27. The number of rotatable bonds is 6. The van der Waals surface area contributed by atoms with Gasteiger partial charge in [0.05, 0.1) is 30.1 Å². The zero-order chi connectivity index (χ0) is 22.7. The number of hydrogen-bond acceptors (Lipinski definition) is 6. The van der Waals surface area contributed by atoms with Crippen LogP contribution in [0.2, 0.25) is 5.02 Å². The van der Waals surface area contributed by atoms with E-state index in [1.807, 2.05) is 0 Å². The van der Waals surface area contributed by atoms with E-state index in [4.69, 9.17) is 11.6 Å². The fourth-order valence-corrected chi connectivity index (χ4v) is 3.51. The topological polar surface area (TPSA) is 132 Å². The number of para-hydroxylation sites is 1. The smallest absolute Gasteiger partial charge is 0.411 e. The number of aromatic amines is 2. The lowest BCUT2D eigenvalue weighted by Crippen LogP contribution is -2.17. The number of amides is 1. The van der Waals surface area contributed by atoms with Gasteiger partial charge in [-0.1, -0.05) is 29.8 Å². The number of pyridine rings is 1. The number of carbonyl (C=O) groups excluding carboxylic acids is 1. The van der Waals surface area contributed by atoms with Gasteiger partial charge < -0.3 is 25.1 Å². The molecule has 0 aliphatic rings. The van der Waals surface area contributed by atoms with Crippen molar-refractivity contribution in [3.05, 3.63) is 75.7 Å². The maximum absolute atomic E-state index is 12.7. The molecule has 4 aromatic rings. The molecule has 0 saturated carbocycles. The van der Waals surface area contributed by atoms with Gasteiger partial charge in [-0.3, -0.25) is 10.1 Å². The molecular weight excluding hydrogens is 434 g/mol. The molecule has 0 unspecified atom stereocenters. The Morgan fingerprint density at radius 1 is 1.22 bits per heavy atom. The molecule has 32 heavy (non-hydrogen) atoms. The predicted molar refractivity (Wildman–Crippen MR) is 123 cm³/mol. The number of aliphatic hydroxyl groups is 1. The molecule has 0 radical (unpaired) electrons. The minimum atomic E-state index is -0.840. The van der Waals surface area contributed by atoms with Crippen LogP contribution < -0.4 is 16.2 Å². The maximum atomic E-state index is 12.7. The molecule has 2 aromatic carbocycles. The van der Waals surface area contributed by atoms with Crippen molar-refractivity contribution < 1.29 is 14.6 Å². The van der Waals surface area contributed by atoms with Crippen LogP contribution in [0, 0.1) is 0 Å². The summed E-state index contributed by atoms with van der Waals surface area (Å²) in [4.78, 5) is 34.6. The lowest BCUT2D eigenvalue weighted by atomic mass is 10.1. The van der Waals surface area contributed by atoms with Crippen molar-refractivity contribution >= 4 is 40.1 Å². The van der Waals surface area contributed by atoms with Gasteiger partial charge in [0, 0.05) is 17.8 Å². The summed E-state index contributed by atoms with van der Waals surface area (Å²) in [5.41, 5.74) is 2.58. The molecule has 4 rings (SSSR count). The Labute approximate surface area is 187 Å². The second-order valence-corrected chi connectivity index (χ2v) is 7.39. The van der Waals surface area contributed by atoms with Gasteiger partial charge in [-0.15, -0.1) is 0 Å². The molecule has 0 aliphatic carbocycles. The number of nitrogens with zero attached hydrogens (tertiary/aromatic N) is 1. The van der Waals surface area contributed by atoms with Crippen molar-refractivity contribution in [1.29, 1.82) is 0 Å². The Morgan fingerprint density at radius 3 is 2.81 bits per heavy atom. The van der Waals surface area contributed by atoms with E-state index in [-0.39, 0.29) is 17.7 Å². The van der Waals surface area contributed by atoms with Gasteiger partial charge in [0.1, 0.15) is 16.9 Å². The van der Waals surface area contributed by atoms with Gasteiger partial charge in [0.25, 0.3) is 5.56 Å². The van der Waals surface area contributed by atoms with Crippen LogP contribution in [0.1, 0.15) is 11.7 Å². The van der Waals surface area contributed by atoms with Crippen LogP contribution in [0.3, 0.4) is 0 Å². The molecule has 1 atom stereocenters. The highest BCUT2D eigenvalue weighted by atomic mass is 35.5. The highest BCUT2D eigenvalue weighted by Crippen LogP contribution is 2.28. The van der Waals surface area contributed by atoms with Gasteiger partial charge in [-0.05, 0) is 35.9 Å². The molecule has 5 N–H and O–H groups in total. The van der Waals surface area contributed by atoms with E-state index in [2.05, 4.69) is 30.3 Å². The number of imidazole rings is 1. The van der Waals surface area contributed by atoms with Gasteiger partial charge in [0.15, 0.2) is 0 Å². The molecule has 9 nitrogen and oxygen atoms in total. The van der Waals surface area contributed by atoms with Gasteiger partial charge in [0.2, 0.25) is 0 Å². The molecule has 0 saturated heterocycles. The second-order valence-electron chi connectivity index (χ2n) is 6.95. The number of halogens is 1. The summed E-state index contributed by atoms with van der Waals surface area (Å²) in [6.45, 7) is 0.145. The highest BCUT2D eigenvalue weighted by molar-refractivity contribution is 6.30. The number of aliphatic hydroxyl groups excluding tert-OH is 1. The van der Waals surface area contributed by atoms with Gasteiger partial charge >= 0.3 is 6.09 Å². The molecule has 2 aromatic heterocycles. The molecule has 0 spiro atoms. The van der Waals surface area contributed by atoms with E-state index in [9.17, 15) is 14.7 Å². The van der Waals surface area contributed by atoms with E-state index >= 15 is 0 Å². The summed E-state index contributed by atoms with van der Waals surface area (Å²) < 4.78 is 4.65. The van der Waals surface area contributed by atoms with Crippen LogP contribution in [0.25, 0.3) is 22.4 Å². The SMILES string of the molecule is COC(=O)Nc1cccc2[nH]c(-c3c(NC[C@@H](O)c4cccc(Cl)c4)cc[nH]c3=O)nc12. The van der Waals surface area contributed by atoms with Gasteiger partial charge in [-0.2, -0.15) is 0 Å². The molecule has 10 heteroatoms. The van der Waals surface area contributed by atoms with Crippen LogP contribution >= 0.6 is 11.6 Å². The number of fused-ring (bicyclic) bond motifs is 1. The van der Waals surface area contributed by atoms with Crippen molar-refractivity contribution in [1.82, 2.24) is 15.0 Å². The zero-order valence-electron chi connectivity index (χ0n) is 17.0. The summed E-state index contributed by atoms with van der Waals surface area (Å²) in [5.74, 6) is 0.306. The molecule has 164 valence electrons. The predicted octanol–water partition coefficient (Wildman–Crippen LogP) is 3.90. The number of aromatic nitrogens is 3. The molecule has 1 amide bonds. The molecule has 0 aliphatic heterocycles. The Balaban J connectivity index is 1.66. The summed E-state index contributed by atoms with van der Waals surface area (Å²) in [5, 5.41) is 16.7. The Morgan fingerprint density at radius 2 is 2.03 bits per heavy atom. The number of benzene rings is 2. The van der Waals surface area contributed by atoms with Crippen molar-refractivity contribution in [2.75, 3.05) is 24.3 Å². The van der Waals surface area contributed by atoms with Crippen LogP contribution in [-0.4, -0.2) is 39.8 Å². The van der Waals surface area contributed by atoms with E-state index < -0.39 is 12.2 Å². The Kier molecular flexibility index (Phi) is 6.11. The average molecular weight is 454 g/mol. The third-order valence-corrected chi connectivity index (χ3v) is 5.09. The number of H-pyrrole nitrogens is 2. The zero-order valence-corrected chi connectivity index (χ0v) is 17.7. The van der Waals surface area contributed by atoms with E-state index in [0.717, 1.165) is 0 Å². The quantitative estimate of drug-likeness (QED) is 0.301. The lowest BCUT2D eigenvalue weighted by molar-refractivity contribution is 0.187. The first kappa shape index (κ1) is 21.4. The van der Waals surface area contributed by atoms with E-state index in [1.54, 1.807) is 48.5 Å². The fourth-order valence-electron chi connectivity index (χ4n) is 3.31. The lowest BCUT2D eigenvalue weighted by Gasteiger charge is -2.15. The Bertz CT molecular complexity index is 1330. The summed E-state index contributed by atoms with van der Waals surface area (Å²) in [6.07, 6.45) is 0.0386. The number of anilines is 2. The first-order valence-electron chi connectivity index (χ1n) is 9.69. The summed E-state index contributed by atoms with van der Waals surface area (Å²) in [6, 6.07) is 13.8. The number of ether oxygens (including phenoxy) is 1. The van der Waals surface area contributed by atoms with Crippen molar-refractivity contribution in [3.63, 3.8) is 0 Å². The van der Waals surface area contributed by atoms with E-state index in [1.165, 1.54) is 13.3 Å². The minimum absolute atomic E-state index is 0.145. The number of nitrogens with one attached hydrogen (secondary N) is 4. The summed E-state index contributed by atoms with van der Waals surface area (Å²) >= 11 is 6.00. The molecule has 2 heterocycles. The monoisotopic (exact) mass is 453 g/mol. The standard InChI is InChI=1S/C22H20ClN5O4/c1-32-22(31)27-16-7-3-6-15-19(16)28-20(26-15)18-14(8-9-24-21(18)30)25-11-17(29)12-4-2-5-13(23)10-12/h2-10,17,29H,11H2,1H3,(H,26,28)(H,27,31)(H2,24,25,30)/t17-/m1/s1. The van der Waals surface area contributed by atoms with Crippen LogP contribution in [-0.2, 0) is 4.74 Å². The first-order chi connectivity index (χ1) is 15.5.